The maximum absolute atomic E-state index is 5.76. The minimum Gasteiger partial charge on any atom is -0.493 e. The third kappa shape index (κ3) is 3.07. The molecule has 101 valence electrons. The average Bonchev–Trinajstić information content (AvgIpc) is 2.95. The molecule has 0 bridgehead atoms. The number of hydrogen-bond donors (Lipinski definition) is 0. The Morgan fingerprint density at radius 1 is 1.26 bits per heavy atom. The topological polar surface area (TPSA) is 25.4 Å². The number of benzene rings is 1. The highest BCUT2D eigenvalue weighted by Crippen LogP contribution is 2.33. The Morgan fingerprint density at radius 2 is 2.05 bits per heavy atom. The molecule has 0 saturated heterocycles. The molecule has 0 N–H and O–H groups in total. The Labute approximate surface area is 118 Å². The monoisotopic (exact) mass is 275 g/mol. The van der Waals surface area contributed by atoms with Gasteiger partial charge >= 0.3 is 0 Å². The molecule has 0 amide bonds. The Balaban J connectivity index is 2.40. The summed E-state index contributed by atoms with van der Waals surface area (Å²) in [5.74, 6) is 0.895. The van der Waals surface area contributed by atoms with Gasteiger partial charge in [-0.15, -0.1) is 11.3 Å². The number of hydrogen-bond acceptors (Lipinski definition) is 4. The standard InChI is InChI=1S/C15H19N2OS/c1-4-17(5-2)12-7-8-13(14-10-19-11-16-14)15(9-12)18-6-3/h7-10H,4-6H2,1-3H3. The van der Waals surface area contributed by atoms with Crippen molar-refractivity contribution in [3.63, 3.8) is 0 Å². The van der Waals surface area contributed by atoms with E-state index in [0.29, 0.717) is 6.61 Å². The summed E-state index contributed by atoms with van der Waals surface area (Å²) in [6, 6.07) is 6.32. The van der Waals surface area contributed by atoms with Crippen molar-refractivity contribution in [1.82, 2.24) is 4.98 Å². The summed E-state index contributed by atoms with van der Waals surface area (Å²) in [5, 5.41) is 1.99. The van der Waals surface area contributed by atoms with Crippen molar-refractivity contribution in [2.24, 2.45) is 0 Å². The molecule has 1 radical (unpaired) electrons. The van der Waals surface area contributed by atoms with Crippen molar-refractivity contribution in [3.8, 4) is 17.0 Å². The van der Waals surface area contributed by atoms with Crippen LogP contribution in [0.25, 0.3) is 11.3 Å². The predicted octanol–water partition coefficient (Wildman–Crippen LogP) is 3.86. The highest BCUT2D eigenvalue weighted by Gasteiger charge is 2.11. The zero-order valence-electron chi connectivity index (χ0n) is 11.6. The van der Waals surface area contributed by atoms with Gasteiger partial charge in [0.25, 0.3) is 0 Å². The molecule has 0 aliphatic rings. The Hall–Kier alpha value is -1.55. The first-order chi connectivity index (χ1) is 9.30. The summed E-state index contributed by atoms with van der Waals surface area (Å²) in [4.78, 5) is 6.55. The van der Waals surface area contributed by atoms with Crippen molar-refractivity contribution in [1.29, 1.82) is 0 Å². The van der Waals surface area contributed by atoms with Crippen molar-refractivity contribution < 1.29 is 4.74 Å². The first kappa shape index (κ1) is 13.9. The van der Waals surface area contributed by atoms with E-state index in [2.05, 4.69) is 47.4 Å². The molecule has 1 heterocycles. The molecule has 2 rings (SSSR count). The molecule has 0 fully saturated rings. The third-order valence-corrected chi connectivity index (χ3v) is 3.60. The van der Waals surface area contributed by atoms with Crippen LogP contribution in [0.2, 0.25) is 0 Å². The van der Waals surface area contributed by atoms with Gasteiger partial charge in [0.1, 0.15) is 5.75 Å². The average molecular weight is 275 g/mol. The molecular weight excluding hydrogens is 256 g/mol. The maximum Gasteiger partial charge on any atom is 0.152 e. The fourth-order valence-corrected chi connectivity index (χ4v) is 2.59. The van der Waals surface area contributed by atoms with Crippen molar-refractivity contribution in [2.75, 3.05) is 24.6 Å². The maximum atomic E-state index is 5.76. The number of anilines is 1. The van der Waals surface area contributed by atoms with E-state index in [-0.39, 0.29) is 0 Å². The van der Waals surface area contributed by atoms with E-state index in [1.54, 1.807) is 0 Å². The molecule has 2 aromatic rings. The normalized spacial score (nSPS) is 10.5. The minimum atomic E-state index is 0.655. The molecule has 1 aromatic carbocycles. The minimum absolute atomic E-state index is 0.655. The van der Waals surface area contributed by atoms with Gasteiger partial charge in [-0.3, -0.25) is 0 Å². The SMILES string of the molecule is CCOc1cc(N(CC)CC)ccc1-c1cs[c]n1. The lowest BCUT2D eigenvalue weighted by atomic mass is 10.1. The van der Waals surface area contributed by atoms with Crippen LogP contribution < -0.4 is 9.64 Å². The van der Waals surface area contributed by atoms with Gasteiger partial charge in [0, 0.05) is 35.8 Å². The van der Waals surface area contributed by atoms with Gasteiger partial charge in [0.05, 0.1) is 12.3 Å². The van der Waals surface area contributed by atoms with E-state index in [1.165, 1.54) is 17.0 Å². The Morgan fingerprint density at radius 3 is 2.63 bits per heavy atom. The Kier molecular flexibility index (Phi) is 4.80. The summed E-state index contributed by atoms with van der Waals surface area (Å²) in [7, 11) is 0. The molecule has 0 unspecified atom stereocenters. The number of rotatable bonds is 6. The van der Waals surface area contributed by atoms with Crippen molar-refractivity contribution in [2.45, 2.75) is 20.8 Å². The van der Waals surface area contributed by atoms with Gasteiger partial charge < -0.3 is 9.64 Å². The van der Waals surface area contributed by atoms with E-state index in [0.717, 1.165) is 30.1 Å². The summed E-state index contributed by atoms with van der Waals surface area (Å²) >= 11 is 1.48. The summed E-state index contributed by atoms with van der Waals surface area (Å²) < 4.78 is 5.76. The smallest absolute Gasteiger partial charge is 0.152 e. The quantitative estimate of drug-likeness (QED) is 0.800. The van der Waals surface area contributed by atoms with Crippen LogP contribution in [0, 0.1) is 5.51 Å². The third-order valence-electron chi connectivity index (χ3n) is 3.06. The fraction of sp³-hybridized carbons (Fsp3) is 0.400. The molecule has 3 nitrogen and oxygen atoms in total. The second kappa shape index (κ2) is 6.57. The van der Waals surface area contributed by atoms with E-state index in [4.69, 9.17) is 4.74 Å². The van der Waals surface area contributed by atoms with Gasteiger partial charge in [0.2, 0.25) is 0 Å². The number of aromatic nitrogens is 1. The first-order valence-electron chi connectivity index (χ1n) is 6.63. The zero-order valence-corrected chi connectivity index (χ0v) is 12.5. The van der Waals surface area contributed by atoms with Crippen LogP contribution >= 0.6 is 11.3 Å². The van der Waals surface area contributed by atoms with Crippen molar-refractivity contribution in [3.05, 3.63) is 29.1 Å². The molecule has 0 saturated carbocycles. The number of ether oxygens (including phenoxy) is 1. The highest BCUT2D eigenvalue weighted by atomic mass is 32.1. The first-order valence-corrected chi connectivity index (χ1v) is 7.51. The highest BCUT2D eigenvalue weighted by molar-refractivity contribution is 7.07. The van der Waals surface area contributed by atoms with Gasteiger partial charge in [-0.1, -0.05) is 0 Å². The van der Waals surface area contributed by atoms with Crippen LogP contribution in [0.15, 0.2) is 23.6 Å². The van der Waals surface area contributed by atoms with E-state index >= 15 is 0 Å². The number of thiazole rings is 1. The second-order valence-electron chi connectivity index (χ2n) is 4.11. The summed E-state index contributed by atoms with van der Waals surface area (Å²) in [6.45, 7) is 8.96. The molecular formula is C15H19N2OS. The lowest BCUT2D eigenvalue weighted by Crippen LogP contribution is -2.21. The molecule has 0 atom stereocenters. The van der Waals surface area contributed by atoms with Gasteiger partial charge in [-0.25, -0.2) is 4.98 Å². The van der Waals surface area contributed by atoms with Gasteiger partial charge in [-0.2, -0.15) is 0 Å². The van der Waals surface area contributed by atoms with Crippen LogP contribution in [0.3, 0.4) is 0 Å². The van der Waals surface area contributed by atoms with Crippen LogP contribution in [-0.2, 0) is 0 Å². The molecule has 1 aromatic heterocycles. The number of nitrogens with zero attached hydrogens (tertiary/aromatic N) is 2. The Bertz CT molecular complexity index is 507. The van der Waals surface area contributed by atoms with Crippen LogP contribution in [0.1, 0.15) is 20.8 Å². The van der Waals surface area contributed by atoms with Crippen LogP contribution in [-0.4, -0.2) is 24.7 Å². The molecule has 0 aliphatic carbocycles. The van der Waals surface area contributed by atoms with Gasteiger partial charge in [0.15, 0.2) is 5.51 Å². The predicted molar refractivity (Wildman–Crippen MR) is 81.1 cm³/mol. The van der Waals surface area contributed by atoms with Crippen LogP contribution in [0.4, 0.5) is 5.69 Å². The van der Waals surface area contributed by atoms with E-state index in [9.17, 15) is 0 Å². The molecule has 4 heteroatoms. The molecule has 0 spiro atoms. The summed E-state index contributed by atoms with van der Waals surface area (Å²) in [5.41, 5.74) is 6.04. The van der Waals surface area contributed by atoms with Gasteiger partial charge in [-0.05, 0) is 32.9 Å². The lowest BCUT2D eigenvalue weighted by molar-refractivity contribution is 0.341. The lowest BCUT2D eigenvalue weighted by Gasteiger charge is -2.22. The van der Waals surface area contributed by atoms with E-state index in [1.807, 2.05) is 12.3 Å². The zero-order chi connectivity index (χ0) is 13.7. The molecule has 19 heavy (non-hydrogen) atoms. The van der Waals surface area contributed by atoms with Crippen LogP contribution in [0.5, 0.6) is 5.75 Å². The van der Waals surface area contributed by atoms with Crippen molar-refractivity contribution >= 4 is 17.0 Å². The second-order valence-corrected chi connectivity index (χ2v) is 4.76. The fourth-order valence-electron chi connectivity index (χ4n) is 2.09. The largest absolute Gasteiger partial charge is 0.493 e. The molecule has 0 aliphatic heterocycles. The summed E-state index contributed by atoms with van der Waals surface area (Å²) in [6.07, 6.45) is 0. The van der Waals surface area contributed by atoms with E-state index < -0.39 is 0 Å².